The summed E-state index contributed by atoms with van der Waals surface area (Å²) in [6.07, 6.45) is 1.69. The Morgan fingerprint density at radius 3 is 2.50 bits per heavy atom. The highest BCUT2D eigenvalue weighted by Crippen LogP contribution is 1.97. The lowest BCUT2D eigenvalue weighted by Gasteiger charge is -1.98. The molecule has 0 spiro atoms. The van der Waals surface area contributed by atoms with Crippen molar-refractivity contribution in [1.82, 2.24) is 5.32 Å². The summed E-state index contributed by atoms with van der Waals surface area (Å²) in [7, 11) is 0. The van der Waals surface area contributed by atoms with Crippen molar-refractivity contribution in [3.8, 4) is 0 Å². The molecular formula is C8H11NO4S. The zero-order valence-corrected chi connectivity index (χ0v) is 8.47. The van der Waals surface area contributed by atoms with Crippen molar-refractivity contribution >= 4 is 28.8 Å². The van der Waals surface area contributed by atoms with Gasteiger partial charge < -0.3 is 10.4 Å². The maximum Gasteiger partial charge on any atom is 0.328 e. The Kier molecular flexibility index (Phi) is 6.47. The molecule has 0 aromatic carbocycles. The minimum Gasteiger partial charge on any atom is -0.478 e. The van der Waals surface area contributed by atoms with Crippen LogP contribution >= 0.6 is 11.8 Å². The zero-order chi connectivity index (χ0) is 11.0. The lowest BCUT2D eigenvalue weighted by molar-refractivity contribution is -0.131. The first-order valence-corrected chi connectivity index (χ1v) is 4.83. The first kappa shape index (κ1) is 12.7. The number of nitrogens with one attached hydrogen (secondary N) is 1. The normalized spacial score (nSPS) is 10.1. The second-order valence-electron chi connectivity index (χ2n) is 2.30. The van der Waals surface area contributed by atoms with E-state index in [1.807, 2.05) is 0 Å². The van der Waals surface area contributed by atoms with Gasteiger partial charge in [-0.3, -0.25) is 9.59 Å². The van der Waals surface area contributed by atoms with Crippen molar-refractivity contribution < 1.29 is 19.5 Å². The van der Waals surface area contributed by atoms with E-state index in [-0.39, 0.29) is 5.12 Å². The molecule has 0 aromatic heterocycles. The van der Waals surface area contributed by atoms with Gasteiger partial charge >= 0.3 is 5.97 Å². The molecule has 0 unspecified atom stereocenters. The van der Waals surface area contributed by atoms with E-state index < -0.39 is 11.9 Å². The number of hydrogen-bond acceptors (Lipinski definition) is 4. The van der Waals surface area contributed by atoms with E-state index in [2.05, 4.69) is 5.32 Å². The van der Waals surface area contributed by atoms with Crippen LogP contribution in [0.3, 0.4) is 0 Å². The van der Waals surface area contributed by atoms with E-state index >= 15 is 0 Å². The highest BCUT2D eigenvalue weighted by molar-refractivity contribution is 8.13. The molecule has 5 nitrogen and oxygen atoms in total. The van der Waals surface area contributed by atoms with Crippen molar-refractivity contribution in [3.63, 3.8) is 0 Å². The molecule has 0 heterocycles. The maximum absolute atomic E-state index is 10.8. The van der Waals surface area contributed by atoms with Gasteiger partial charge in [-0.2, -0.15) is 0 Å². The highest BCUT2D eigenvalue weighted by atomic mass is 32.2. The number of rotatable bonds is 5. The first-order valence-electron chi connectivity index (χ1n) is 3.84. The average Bonchev–Trinajstić information content (AvgIpc) is 2.08. The number of carbonyl (C=O) groups is 3. The summed E-state index contributed by atoms with van der Waals surface area (Å²) in [6, 6.07) is 0. The molecule has 0 fully saturated rings. The van der Waals surface area contributed by atoms with Crippen LogP contribution in [-0.2, 0) is 14.4 Å². The second kappa shape index (κ2) is 7.14. The van der Waals surface area contributed by atoms with Gasteiger partial charge in [0.25, 0.3) is 0 Å². The van der Waals surface area contributed by atoms with Crippen LogP contribution in [-0.4, -0.2) is 34.4 Å². The fourth-order valence-corrected chi connectivity index (χ4v) is 1.07. The first-order chi connectivity index (χ1) is 6.52. The minimum atomic E-state index is -1.17. The third-order valence-electron chi connectivity index (χ3n) is 1.08. The third kappa shape index (κ3) is 8.79. The molecule has 2 N–H and O–H groups in total. The molecule has 0 atom stereocenters. The Labute approximate surface area is 85.6 Å². The number of carboxylic acid groups (broad SMARTS) is 1. The summed E-state index contributed by atoms with van der Waals surface area (Å²) < 4.78 is 0. The standard InChI is InChI=1S/C8H11NO4S/c1-6(10)14-5-4-9-7(11)2-3-8(12)13/h2-3H,4-5H2,1H3,(H,9,11)(H,12,13)/b3-2-. The second-order valence-corrected chi connectivity index (χ2v) is 3.57. The molecule has 14 heavy (non-hydrogen) atoms. The van der Waals surface area contributed by atoms with Gasteiger partial charge in [-0.05, 0) is 0 Å². The molecule has 78 valence electrons. The fourth-order valence-electron chi connectivity index (χ4n) is 0.575. The molecule has 0 bridgehead atoms. The Morgan fingerprint density at radius 2 is 2.00 bits per heavy atom. The Morgan fingerprint density at radius 1 is 1.36 bits per heavy atom. The summed E-state index contributed by atoms with van der Waals surface area (Å²) in [5.41, 5.74) is 0. The van der Waals surface area contributed by atoms with E-state index in [9.17, 15) is 14.4 Å². The van der Waals surface area contributed by atoms with Gasteiger partial charge in [0.05, 0.1) is 0 Å². The Hall–Kier alpha value is -1.30. The fraction of sp³-hybridized carbons (Fsp3) is 0.375. The van der Waals surface area contributed by atoms with Gasteiger partial charge in [0.2, 0.25) is 5.91 Å². The summed E-state index contributed by atoms with van der Waals surface area (Å²) >= 11 is 1.10. The lowest BCUT2D eigenvalue weighted by Crippen LogP contribution is -2.24. The van der Waals surface area contributed by atoms with Crippen LogP contribution in [0.15, 0.2) is 12.2 Å². The minimum absolute atomic E-state index is 0.0136. The predicted molar refractivity (Wildman–Crippen MR) is 52.9 cm³/mol. The summed E-state index contributed by atoms with van der Waals surface area (Å²) in [5, 5.41) is 10.6. The lowest BCUT2D eigenvalue weighted by atomic mass is 10.4. The molecule has 0 aromatic rings. The maximum atomic E-state index is 10.8. The van der Waals surface area contributed by atoms with Gasteiger partial charge in [0, 0.05) is 31.4 Å². The van der Waals surface area contributed by atoms with Gasteiger partial charge in [0.15, 0.2) is 5.12 Å². The van der Waals surface area contributed by atoms with Gasteiger partial charge in [-0.15, -0.1) is 0 Å². The molecule has 0 aliphatic rings. The Balaban J connectivity index is 3.55. The number of carboxylic acids is 1. The molecule has 0 rings (SSSR count). The molecule has 0 radical (unpaired) electrons. The van der Waals surface area contributed by atoms with Crippen LogP contribution in [0.1, 0.15) is 6.92 Å². The number of aliphatic carboxylic acids is 1. The molecule has 6 heteroatoms. The molecule has 0 aliphatic heterocycles. The molecule has 0 aliphatic carbocycles. The Bertz CT molecular complexity index is 262. The van der Waals surface area contributed by atoms with Crippen molar-refractivity contribution in [2.75, 3.05) is 12.3 Å². The van der Waals surface area contributed by atoms with Crippen molar-refractivity contribution in [2.24, 2.45) is 0 Å². The molecule has 1 amide bonds. The van der Waals surface area contributed by atoms with Crippen LogP contribution in [0.25, 0.3) is 0 Å². The van der Waals surface area contributed by atoms with E-state index in [0.29, 0.717) is 12.3 Å². The van der Waals surface area contributed by atoms with Crippen molar-refractivity contribution in [2.45, 2.75) is 6.92 Å². The number of amides is 1. The quantitative estimate of drug-likeness (QED) is 0.501. The van der Waals surface area contributed by atoms with Crippen LogP contribution < -0.4 is 5.32 Å². The van der Waals surface area contributed by atoms with Crippen LogP contribution in [0.5, 0.6) is 0 Å². The van der Waals surface area contributed by atoms with Crippen LogP contribution in [0.2, 0.25) is 0 Å². The average molecular weight is 217 g/mol. The highest BCUT2D eigenvalue weighted by Gasteiger charge is 1.97. The molecule has 0 saturated carbocycles. The van der Waals surface area contributed by atoms with Crippen molar-refractivity contribution in [1.29, 1.82) is 0 Å². The van der Waals surface area contributed by atoms with E-state index in [1.54, 1.807) is 0 Å². The SMILES string of the molecule is CC(=O)SCCNC(=O)/C=C\C(=O)O. The number of carbonyl (C=O) groups excluding carboxylic acids is 2. The van der Waals surface area contributed by atoms with Crippen LogP contribution in [0, 0.1) is 0 Å². The predicted octanol–water partition coefficient (Wildman–Crippen LogP) is 0.0231. The summed E-state index contributed by atoms with van der Waals surface area (Å²) in [5.74, 6) is -1.16. The van der Waals surface area contributed by atoms with Gasteiger partial charge in [-0.1, -0.05) is 11.8 Å². The largest absolute Gasteiger partial charge is 0.478 e. The smallest absolute Gasteiger partial charge is 0.328 e. The van der Waals surface area contributed by atoms with Gasteiger partial charge in [0.1, 0.15) is 0 Å². The zero-order valence-electron chi connectivity index (χ0n) is 7.65. The topological polar surface area (TPSA) is 83.5 Å². The van der Waals surface area contributed by atoms with E-state index in [0.717, 1.165) is 23.9 Å². The van der Waals surface area contributed by atoms with Crippen molar-refractivity contribution in [3.05, 3.63) is 12.2 Å². The monoisotopic (exact) mass is 217 g/mol. The van der Waals surface area contributed by atoms with E-state index in [4.69, 9.17) is 5.11 Å². The summed E-state index contributed by atoms with van der Waals surface area (Å²) in [4.78, 5) is 31.3. The van der Waals surface area contributed by atoms with Crippen LogP contribution in [0.4, 0.5) is 0 Å². The molecular weight excluding hydrogens is 206 g/mol. The molecule has 0 saturated heterocycles. The third-order valence-corrected chi connectivity index (χ3v) is 1.90. The summed E-state index contributed by atoms with van der Waals surface area (Å²) in [6.45, 7) is 1.78. The number of hydrogen-bond donors (Lipinski definition) is 2. The number of thioether (sulfide) groups is 1. The van der Waals surface area contributed by atoms with E-state index in [1.165, 1.54) is 6.92 Å². The van der Waals surface area contributed by atoms with Gasteiger partial charge in [-0.25, -0.2) is 4.79 Å².